The molecule has 18 heavy (non-hydrogen) atoms. The second-order valence-electron chi connectivity index (χ2n) is 4.01. The Balaban J connectivity index is 2.86. The lowest BCUT2D eigenvalue weighted by Crippen LogP contribution is -2.33. The molecular weight excluding hydrogens is 254 g/mol. The molecule has 0 radical (unpaired) electrons. The number of carbonyl (C=O) groups excluding carboxylic acids is 1. The van der Waals surface area contributed by atoms with Crippen molar-refractivity contribution in [2.24, 2.45) is 0 Å². The van der Waals surface area contributed by atoms with Gasteiger partial charge in [0, 0.05) is 6.92 Å². The molecule has 0 aromatic heterocycles. The van der Waals surface area contributed by atoms with Crippen LogP contribution < -0.4 is 4.31 Å². The average Bonchev–Trinajstić information content (AvgIpc) is 2.24. The Morgan fingerprint density at radius 3 is 2.28 bits per heavy atom. The van der Waals surface area contributed by atoms with Gasteiger partial charge in [-0.25, -0.2) is 8.42 Å². The third kappa shape index (κ3) is 4.37. The monoisotopic (exact) mass is 271 g/mol. The number of esters is 1. The highest BCUT2D eigenvalue weighted by atomic mass is 32.2. The minimum absolute atomic E-state index is 0.0380. The fourth-order valence-electron chi connectivity index (χ4n) is 1.47. The largest absolute Gasteiger partial charge is 0.464 e. The van der Waals surface area contributed by atoms with Crippen molar-refractivity contribution in [3.8, 4) is 0 Å². The van der Waals surface area contributed by atoms with Crippen molar-refractivity contribution < 1.29 is 17.9 Å². The molecule has 0 saturated heterocycles. The Hall–Kier alpha value is -1.56. The van der Waals surface area contributed by atoms with E-state index in [-0.39, 0.29) is 13.2 Å². The molecule has 0 bridgehead atoms. The van der Waals surface area contributed by atoms with Gasteiger partial charge in [-0.2, -0.15) is 0 Å². The summed E-state index contributed by atoms with van der Waals surface area (Å²) < 4.78 is 29.3. The predicted molar refractivity (Wildman–Crippen MR) is 70.0 cm³/mol. The van der Waals surface area contributed by atoms with Gasteiger partial charge in [0.05, 0.1) is 18.5 Å². The van der Waals surface area contributed by atoms with Crippen LogP contribution in [-0.4, -0.2) is 33.8 Å². The molecule has 5 nitrogen and oxygen atoms in total. The number of aryl methyl sites for hydroxylation is 1. The Morgan fingerprint density at radius 2 is 1.83 bits per heavy atom. The van der Waals surface area contributed by atoms with E-state index in [2.05, 4.69) is 0 Å². The molecule has 1 aromatic carbocycles. The third-order valence-electron chi connectivity index (χ3n) is 2.32. The first-order valence-electron chi connectivity index (χ1n) is 5.48. The van der Waals surface area contributed by atoms with E-state index in [1.165, 1.54) is 11.2 Å². The van der Waals surface area contributed by atoms with Gasteiger partial charge in [0.2, 0.25) is 10.0 Å². The first-order chi connectivity index (χ1) is 8.30. The smallest absolute Gasteiger partial charge is 0.302 e. The first kappa shape index (κ1) is 14.5. The van der Waals surface area contributed by atoms with Crippen LogP contribution in [0.2, 0.25) is 0 Å². The number of sulfonamides is 1. The van der Waals surface area contributed by atoms with Crippen LogP contribution in [0.25, 0.3) is 0 Å². The van der Waals surface area contributed by atoms with Crippen molar-refractivity contribution in [2.45, 2.75) is 13.8 Å². The molecule has 0 spiro atoms. The van der Waals surface area contributed by atoms with Gasteiger partial charge >= 0.3 is 5.97 Å². The number of hydrogen-bond acceptors (Lipinski definition) is 4. The molecule has 0 atom stereocenters. The summed E-state index contributed by atoms with van der Waals surface area (Å²) in [6.45, 7) is 3.36. The number of nitrogens with zero attached hydrogens (tertiary/aromatic N) is 1. The molecule has 100 valence electrons. The molecule has 0 fully saturated rings. The van der Waals surface area contributed by atoms with Crippen LogP contribution in [0.4, 0.5) is 5.69 Å². The Bertz CT molecular complexity index is 507. The zero-order chi connectivity index (χ0) is 13.8. The van der Waals surface area contributed by atoms with Crippen LogP contribution in [0.3, 0.4) is 0 Å². The molecule has 0 unspecified atom stereocenters. The van der Waals surface area contributed by atoms with Gasteiger partial charge in [0.25, 0.3) is 0 Å². The van der Waals surface area contributed by atoms with Gasteiger partial charge in [-0.15, -0.1) is 0 Å². The number of hydrogen-bond donors (Lipinski definition) is 0. The van der Waals surface area contributed by atoms with Crippen LogP contribution in [0.5, 0.6) is 0 Å². The van der Waals surface area contributed by atoms with Crippen LogP contribution in [0.1, 0.15) is 12.5 Å². The number of ether oxygens (including phenoxy) is 1. The van der Waals surface area contributed by atoms with E-state index in [1.807, 2.05) is 19.1 Å². The summed E-state index contributed by atoms with van der Waals surface area (Å²) >= 11 is 0. The molecule has 0 amide bonds. The standard InChI is InChI=1S/C12H17NO4S/c1-10-4-6-12(7-5-10)13(18(3,15)16)8-9-17-11(2)14/h4-7H,8-9H2,1-3H3. The van der Waals surface area contributed by atoms with Gasteiger partial charge in [-0.1, -0.05) is 17.7 Å². The van der Waals surface area contributed by atoms with Crippen molar-refractivity contribution >= 4 is 21.7 Å². The zero-order valence-corrected chi connectivity index (χ0v) is 11.5. The van der Waals surface area contributed by atoms with E-state index in [0.29, 0.717) is 5.69 Å². The van der Waals surface area contributed by atoms with Crippen molar-refractivity contribution in [3.05, 3.63) is 29.8 Å². The maximum atomic E-state index is 11.7. The average molecular weight is 271 g/mol. The van der Waals surface area contributed by atoms with E-state index in [0.717, 1.165) is 11.8 Å². The van der Waals surface area contributed by atoms with E-state index in [4.69, 9.17) is 4.74 Å². The Labute approximate surface area is 107 Å². The number of carbonyl (C=O) groups is 1. The quantitative estimate of drug-likeness (QED) is 0.758. The molecule has 0 heterocycles. The molecule has 0 aliphatic rings. The third-order valence-corrected chi connectivity index (χ3v) is 3.52. The normalized spacial score (nSPS) is 11.1. The molecule has 6 heteroatoms. The molecule has 0 saturated carbocycles. The van der Waals surface area contributed by atoms with Crippen molar-refractivity contribution in [2.75, 3.05) is 23.7 Å². The topological polar surface area (TPSA) is 63.7 Å². The van der Waals surface area contributed by atoms with Gasteiger partial charge in [-0.3, -0.25) is 9.10 Å². The Kier molecular flexibility index (Phi) is 4.72. The fraction of sp³-hybridized carbons (Fsp3) is 0.417. The van der Waals surface area contributed by atoms with E-state index in [1.54, 1.807) is 12.1 Å². The van der Waals surface area contributed by atoms with Crippen LogP contribution in [-0.2, 0) is 19.6 Å². The van der Waals surface area contributed by atoms with Crippen LogP contribution in [0, 0.1) is 6.92 Å². The highest BCUT2D eigenvalue weighted by Crippen LogP contribution is 2.17. The number of benzene rings is 1. The molecule has 1 rings (SSSR count). The minimum Gasteiger partial charge on any atom is -0.464 e. The second-order valence-corrected chi connectivity index (χ2v) is 5.92. The van der Waals surface area contributed by atoms with E-state index >= 15 is 0 Å². The van der Waals surface area contributed by atoms with Gasteiger partial charge in [0.1, 0.15) is 6.61 Å². The van der Waals surface area contributed by atoms with Gasteiger partial charge in [0.15, 0.2) is 0 Å². The van der Waals surface area contributed by atoms with Crippen molar-refractivity contribution in [3.63, 3.8) is 0 Å². The van der Waals surface area contributed by atoms with Crippen molar-refractivity contribution in [1.82, 2.24) is 0 Å². The maximum Gasteiger partial charge on any atom is 0.302 e. The van der Waals surface area contributed by atoms with Crippen LogP contribution in [0.15, 0.2) is 24.3 Å². The zero-order valence-electron chi connectivity index (χ0n) is 10.7. The summed E-state index contributed by atoms with van der Waals surface area (Å²) in [7, 11) is -3.39. The Morgan fingerprint density at radius 1 is 1.28 bits per heavy atom. The highest BCUT2D eigenvalue weighted by Gasteiger charge is 2.17. The van der Waals surface area contributed by atoms with Crippen molar-refractivity contribution in [1.29, 1.82) is 0 Å². The summed E-state index contributed by atoms with van der Waals surface area (Å²) in [6.07, 6.45) is 1.13. The SMILES string of the molecule is CC(=O)OCCN(c1ccc(C)cc1)S(C)(=O)=O. The van der Waals surface area contributed by atoms with Gasteiger partial charge < -0.3 is 4.74 Å². The first-order valence-corrected chi connectivity index (χ1v) is 7.33. The molecule has 0 N–H and O–H groups in total. The summed E-state index contributed by atoms with van der Waals surface area (Å²) in [4.78, 5) is 10.7. The lowest BCUT2D eigenvalue weighted by molar-refractivity contribution is -0.140. The summed E-state index contributed by atoms with van der Waals surface area (Å²) in [5.41, 5.74) is 1.61. The highest BCUT2D eigenvalue weighted by molar-refractivity contribution is 7.92. The summed E-state index contributed by atoms with van der Waals surface area (Å²) in [6, 6.07) is 7.12. The summed E-state index contributed by atoms with van der Waals surface area (Å²) in [5, 5.41) is 0. The lowest BCUT2D eigenvalue weighted by atomic mass is 10.2. The minimum atomic E-state index is -3.39. The number of rotatable bonds is 5. The van der Waals surface area contributed by atoms with E-state index in [9.17, 15) is 13.2 Å². The van der Waals surface area contributed by atoms with Crippen LogP contribution >= 0.6 is 0 Å². The molecule has 0 aliphatic carbocycles. The predicted octanol–water partition coefficient (Wildman–Crippen LogP) is 1.32. The van der Waals surface area contributed by atoms with Gasteiger partial charge in [-0.05, 0) is 19.1 Å². The maximum absolute atomic E-state index is 11.7. The molecule has 1 aromatic rings. The summed E-state index contributed by atoms with van der Waals surface area (Å²) in [5.74, 6) is -0.424. The number of anilines is 1. The van der Waals surface area contributed by atoms with E-state index < -0.39 is 16.0 Å². The molecule has 0 aliphatic heterocycles. The molecular formula is C12H17NO4S. The fourth-order valence-corrected chi connectivity index (χ4v) is 2.38. The second kappa shape index (κ2) is 5.86. The lowest BCUT2D eigenvalue weighted by Gasteiger charge is -2.22.